The fourth-order valence-corrected chi connectivity index (χ4v) is 3.83. The van der Waals surface area contributed by atoms with Crippen LogP contribution in [-0.2, 0) is 4.79 Å². The second-order valence-corrected chi connectivity index (χ2v) is 9.30. The van der Waals surface area contributed by atoms with Crippen LogP contribution in [0, 0.1) is 0 Å². The summed E-state index contributed by atoms with van der Waals surface area (Å²) in [4.78, 5) is 14.4. The van der Waals surface area contributed by atoms with Gasteiger partial charge in [-0.1, -0.05) is 24.3 Å². The van der Waals surface area contributed by atoms with Crippen molar-refractivity contribution in [2.75, 3.05) is 38.4 Å². The summed E-state index contributed by atoms with van der Waals surface area (Å²) in [6.07, 6.45) is 9.64. The normalized spacial score (nSPS) is 15.3. The van der Waals surface area contributed by atoms with Crippen LogP contribution in [0.5, 0.6) is 0 Å². The molecule has 1 N–H and O–H groups in total. The molecule has 1 aliphatic heterocycles. The highest BCUT2D eigenvalue weighted by Crippen LogP contribution is 2.33. The van der Waals surface area contributed by atoms with Crippen molar-refractivity contribution in [3.8, 4) is 0 Å². The molecule has 0 radical (unpaired) electrons. The van der Waals surface area contributed by atoms with Crippen LogP contribution in [0.25, 0.3) is 5.57 Å². The largest absolute Gasteiger partial charge is 0.378 e. The van der Waals surface area contributed by atoms with Crippen molar-refractivity contribution in [3.63, 3.8) is 0 Å². The lowest BCUT2D eigenvalue weighted by Gasteiger charge is -2.17. The number of hydrogen-bond donors (Lipinski definition) is 1. The summed E-state index contributed by atoms with van der Waals surface area (Å²) in [5.74, 6) is -0.0194. The Morgan fingerprint density at radius 1 is 0.912 bits per heavy atom. The summed E-state index contributed by atoms with van der Waals surface area (Å²) >= 11 is 0. The van der Waals surface area contributed by atoms with Crippen molar-refractivity contribution in [1.82, 2.24) is 0 Å². The molecule has 0 aromatic heterocycles. The molecule has 0 unspecified atom stereocenters. The minimum atomic E-state index is -0.352. The standard InChI is InChI=1S/C28H31N5O/c1-28(30-31-28)19-18-26(34)29-23-12-6-20(7-13-23)27(21-8-14-24(15-9-21)32(2)3)22-10-16-25(17-11-22)33(4)5/h6-17H,18-19H2,1-5H3/p+1. The van der Waals surface area contributed by atoms with Crippen LogP contribution in [-0.4, -0.2) is 50.0 Å². The van der Waals surface area contributed by atoms with Gasteiger partial charge in [0.1, 0.15) is 14.1 Å². The number of amides is 1. The molecule has 6 nitrogen and oxygen atoms in total. The van der Waals surface area contributed by atoms with Gasteiger partial charge in [0, 0.05) is 50.5 Å². The molecule has 1 amide bonds. The van der Waals surface area contributed by atoms with Gasteiger partial charge in [0.15, 0.2) is 11.4 Å². The van der Waals surface area contributed by atoms with Crippen LogP contribution in [0.3, 0.4) is 0 Å². The summed E-state index contributed by atoms with van der Waals surface area (Å²) in [6.45, 7) is 1.93. The zero-order valence-corrected chi connectivity index (χ0v) is 20.5. The van der Waals surface area contributed by atoms with E-state index in [-0.39, 0.29) is 11.6 Å². The van der Waals surface area contributed by atoms with E-state index < -0.39 is 0 Å². The van der Waals surface area contributed by atoms with Crippen LogP contribution in [0.15, 0.2) is 88.6 Å². The van der Waals surface area contributed by atoms with Gasteiger partial charge in [0.05, 0.1) is 0 Å². The lowest BCUT2D eigenvalue weighted by atomic mass is 9.90. The minimum absolute atomic E-state index is 0.0194. The summed E-state index contributed by atoms with van der Waals surface area (Å²) in [6, 6.07) is 16.7. The van der Waals surface area contributed by atoms with Crippen molar-refractivity contribution in [3.05, 3.63) is 89.5 Å². The summed E-state index contributed by atoms with van der Waals surface area (Å²) in [5.41, 5.74) is 7.28. The van der Waals surface area contributed by atoms with Crippen LogP contribution >= 0.6 is 0 Å². The Morgan fingerprint density at radius 3 is 1.97 bits per heavy atom. The number of nitrogens with one attached hydrogen (secondary N) is 1. The van der Waals surface area contributed by atoms with Crippen LogP contribution < -0.4 is 10.2 Å². The van der Waals surface area contributed by atoms with E-state index in [1.807, 2.05) is 47.2 Å². The highest BCUT2D eigenvalue weighted by molar-refractivity contribution is 6.04. The third kappa shape index (κ3) is 5.57. The highest BCUT2D eigenvalue weighted by atomic mass is 16.1. The second kappa shape index (κ2) is 9.59. The van der Waals surface area contributed by atoms with E-state index in [2.05, 4.69) is 85.7 Å². The van der Waals surface area contributed by atoms with E-state index in [1.54, 1.807) is 0 Å². The maximum Gasteiger partial charge on any atom is 0.224 e. The Labute approximate surface area is 201 Å². The van der Waals surface area contributed by atoms with Gasteiger partial charge in [-0.05, 0) is 65.6 Å². The molecule has 0 atom stereocenters. The van der Waals surface area contributed by atoms with Crippen molar-refractivity contribution < 1.29 is 9.37 Å². The molecular formula is C28H32N5O+. The van der Waals surface area contributed by atoms with Crippen molar-refractivity contribution in [1.29, 1.82) is 0 Å². The molecule has 4 rings (SSSR count). The number of allylic oxidation sites excluding steroid dienone is 5. The first kappa shape index (κ1) is 23.4. The monoisotopic (exact) mass is 454 g/mol. The summed E-state index contributed by atoms with van der Waals surface area (Å²) in [7, 11) is 8.17. The zero-order valence-electron chi connectivity index (χ0n) is 20.5. The van der Waals surface area contributed by atoms with E-state index in [0.29, 0.717) is 12.8 Å². The van der Waals surface area contributed by atoms with E-state index >= 15 is 0 Å². The maximum absolute atomic E-state index is 12.3. The first-order valence-corrected chi connectivity index (χ1v) is 11.5. The number of carbonyl (C=O) groups is 1. The minimum Gasteiger partial charge on any atom is -0.378 e. The number of anilines is 2. The Balaban J connectivity index is 1.61. The van der Waals surface area contributed by atoms with Crippen LogP contribution in [0.2, 0.25) is 0 Å². The van der Waals surface area contributed by atoms with Gasteiger partial charge in [0.25, 0.3) is 0 Å². The lowest BCUT2D eigenvalue weighted by Crippen LogP contribution is -2.15. The van der Waals surface area contributed by atoms with Crippen molar-refractivity contribution in [2.45, 2.75) is 25.4 Å². The molecule has 0 fully saturated rings. The molecule has 174 valence electrons. The molecule has 1 heterocycles. The molecule has 0 spiro atoms. The van der Waals surface area contributed by atoms with E-state index in [0.717, 1.165) is 39.4 Å². The predicted octanol–water partition coefficient (Wildman–Crippen LogP) is 5.29. The number of hydrogen-bond acceptors (Lipinski definition) is 4. The van der Waals surface area contributed by atoms with Crippen molar-refractivity contribution in [2.24, 2.45) is 10.2 Å². The average molecular weight is 455 g/mol. The first-order valence-electron chi connectivity index (χ1n) is 11.5. The molecule has 2 aromatic carbocycles. The van der Waals surface area contributed by atoms with Gasteiger partial charge in [-0.25, -0.2) is 4.58 Å². The average Bonchev–Trinajstić information content (AvgIpc) is 3.57. The Kier molecular flexibility index (Phi) is 6.59. The Hall–Kier alpha value is -3.80. The Bertz CT molecular complexity index is 1200. The zero-order chi connectivity index (χ0) is 24.3. The first-order chi connectivity index (χ1) is 16.2. The topological polar surface area (TPSA) is 60.1 Å². The van der Waals surface area contributed by atoms with Crippen LogP contribution in [0.1, 0.15) is 30.9 Å². The molecule has 0 saturated heterocycles. The van der Waals surface area contributed by atoms with Gasteiger partial charge >= 0.3 is 0 Å². The van der Waals surface area contributed by atoms with E-state index in [1.165, 1.54) is 0 Å². The molecule has 2 aromatic rings. The molecule has 34 heavy (non-hydrogen) atoms. The SMILES string of the molecule is CN(C)c1ccc(C(=C2C=CC(=[N+](C)C)C=C2)c2ccc(NC(=O)CCC3(C)N=N3)cc2)cc1. The number of nitrogens with zero attached hydrogens (tertiary/aromatic N) is 4. The molecule has 6 heteroatoms. The van der Waals surface area contributed by atoms with Gasteiger partial charge in [-0.15, -0.1) is 0 Å². The quantitative estimate of drug-likeness (QED) is 0.578. The van der Waals surface area contributed by atoms with Gasteiger partial charge in [0.2, 0.25) is 5.91 Å². The number of benzene rings is 2. The predicted molar refractivity (Wildman–Crippen MR) is 140 cm³/mol. The van der Waals surface area contributed by atoms with Gasteiger partial charge < -0.3 is 10.2 Å². The number of carbonyl (C=O) groups excluding carboxylic acids is 1. The smallest absolute Gasteiger partial charge is 0.224 e. The third-order valence-corrected chi connectivity index (χ3v) is 6.07. The summed E-state index contributed by atoms with van der Waals surface area (Å²) in [5, 5.41) is 10.9. The van der Waals surface area contributed by atoms with Gasteiger partial charge in [-0.3, -0.25) is 4.79 Å². The molecule has 2 aliphatic rings. The Morgan fingerprint density at radius 2 is 1.47 bits per heavy atom. The highest BCUT2D eigenvalue weighted by Gasteiger charge is 2.33. The fourth-order valence-electron chi connectivity index (χ4n) is 3.83. The van der Waals surface area contributed by atoms with E-state index in [4.69, 9.17) is 0 Å². The maximum atomic E-state index is 12.3. The third-order valence-electron chi connectivity index (χ3n) is 6.07. The lowest BCUT2D eigenvalue weighted by molar-refractivity contribution is -0.462. The van der Waals surface area contributed by atoms with Crippen molar-refractivity contribution >= 4 is 28.6 Å². The fraction of sp³-hybridized carbons (Fsp3) is 0.286. The van der Waals surface area contributed by atoms with E-state index in [9.17, 15) is 4.79 Å². The van der Waals surface area contributed by atoms with Crippen LogP contribution in [0.4, 0.5) is 11.4 Å². The molecule has 1 aliphatic carbocycles. The molecule has 0 bridgehead atoms. The molecule has 0 saturated carbocycles. The van der Waals surface area contributed by atoms with Gasteiger partial charge in [-0.2, -0.15) is 10.2 Å². The second-order valence-electron chi connectivity index (χ2n) is 9.30. The summed E-state index contributed by atoms with van der Waals surface area (Å²) < 4.78 is 2.10. The number of rotatable bonds is 7. The molecular weight excluding hydrogens is 422 g/mol.